The Kier molecular flexibility index (Phi) is 3.26. The molecule has 1 aromatic rings. The number of aromatic nitrogens is 1. The normalized spacial score (nSPS) is 25.0. The second kappa shape index (κ2) is 5.07. The third-order valence-corrected chi connectivity index (χ3v) is 3.95. The highest BCUT2D eigenvalue weighted by atomic mass is 16.2. The van der Waals surface area contributed by atoms with Crippen LogP contribution in [-0.2, 0) is 16.0 Å². The number of piperidine rings is 1. The lowest BCUT2D eigenvalue weighted by atomic mass is 9.99. The van der Waals surface area contributed by atoms with Gasteiger partial charge in [0.1, 0.15) is 6.04 Å². The third-order valence-electron chi connectivity index (χ3n) is 3.95. The molecule has 0 radical (unpaired) electrons. The summed E-state index contributed by atoms with van der Waals surface area (Å²) >= 11 is 0. The number of nitrogens with zero attached hydrogens (tertiary/aromatic N) is 1. The highest BCUT2D eigenvalue weighted by molar-refractivity contribution is 5.92. The first-order valence-corrected chi connectivity index (χ1v) is 6.88. The van der Waals surface area contributed by atoms with E-state index in [2.05, 4.69) is 22.2 Å². The Balaban J connectivity index is 1.69. The molecule has 20 heavy (non-hydrogen) atoms. The van der Waals surface area contributed by atoms with E-state index in [-0.39, 0.29) is 17.7 Å². The summed E-state index contributed by atoms with van der Waals surface area (Å²) in [5.41, 5.74) is 2.70. The van der Waals surface area contributed by atoms with E-state index in [1.165, 1.54) is 0 Å². The highest BCUT2D eigenvalue weighted by Gasteiger charge is 2.32. The molecule has 1 aromatic heterocycles. The molecular weight excluding hydrogens is 254 g/mol. The van der Waals surface area contributed by atoms with Gasteiger partial charge in [-0.3, -0.25) is 14.6 Å². The van der Waals surface area contributed by atoms with E-state index >= 15 is 0 Å². The van der Waals surface area contributed by atoms with E-state index in [0.29, 0.717) is 12.8 Å². The van der Waals surface area contributed by atoms with Crippen molar-refractivity contribution in [2.24, 2.45) is 0 Å². The smallest absolute Gasteiger partial charge is 0.246 e. The predicted molar refractivity (Wildman–Crippen MR) is 73.7 cm³/mol. The number of rotatable bonds is 2. The quantitative estimate of drug-likeness (QED) is 0.843. The summed E-state index contributed by atoms with van der Waals surface area (Å²) in [6.07, 6.45) is 4.66. The standard InChI is InChI=1S/C15H17N3O2/c1-9-4-6-13(15(20)17-9)18-14(19)11-5-7-12-10(11)3-2-8-16-12/h2-3,8,11,13H,1,4-7H2,(H,17,20)(H,18,19)/t11?,13-/m1/s1. The van der Waals surface area contributed by atoms with Crippen LogP contribution < -0.4 is 10.6 Å². The van der Waals surface area contributed by atoms with Gasteiger partial charge in [-0.15, -0.1) is 0 Å². The van der Waals surface area contributed by atoms with Gasteiger partial charge >= 0.3 is 0 Å². The number of fused-ring (bicyclic) bond motifs is 1. The fraction of sp³-hybridized carbons (Fsp3) is 0.400. The topological polar surface area (TPSA) is 71.1 Å². The van der Waals surface area contributed by atoms with Crippen LogP contribution in [0.25, 0.3) is 0 Å². The highest BCUT2D eigenvalue weighted by Crippen LogP contribution is 2.31. The number of aryl methyl sites for hydroxylation is 1. The maximum atomic E-state index is 12.4. The van der Waals surface area contributed by atoms with Crippen LogP contribution in [0.5, 0.6) is 0 Å². The van der Waals surface area contributed by atoms with Gasteiger partial charge in [0.2, 0.25) is 11.8 Å². The zero-order chi connectivity index (χ0) is 14.1. The van der Waals surface area contributed by atoms with Crippen LogP contribution in [-0.4, -0.2) is 22.8 Å². The summed E-state index contributed by atoms with van der Waals surface area (Å²) in [5.74, 6) is -0.431. The Morgan fingerprint density at radius 2 is 2.25 bits per heavy atom. The van der Waals surface area contributed by atoms with Gasteiger partial charge in [0, 0.05) is 17.6 Å². The minimum atomic E-state index is -0.450. The number of hydrogen-bond acceptors (Lipinski definition) is 3. The Labute approximate surface area is 117 Å². The van der Waals surface area contributed by atoms with Crippen molar-refractivity contribution in [3.63, 3.8) is 0 Å². The fourth-order valence-electron chi connectivity index (χ4n) is 2.87. The van der Waals surface area contributed by atoms with Gasteiger partial charge in [-0.1, -0.05) is 12.6 Å². The van der Waals surface area contributed by atoms with E-state index in [1.54, 1.807) is 6.20 Å². The van der Waals surface area contributed by atoms with Gasteiger partial charge in [0.15, 0.2) is 0 Å². The minimum absolute atomic E-state index is 0.0792. The molecule has 5 heteroatoms. The molecule has 1 saturated heterocycles. The van der Waals surface area contributed by atoms with Crippen molar-refractivity contribution in [2.45, 2.75) is 37.6 Å². The molecular formula is C15H17N3O2. The van der Waals surface area contributed by atoms with Gasteiger partial charge in [0.05, 0.1) is 5.92 Å². The van der Waals surface area contributed by atoms with Crippen molar-refractivity contribution in [3.8, 4) is 0 Å². The third kappa shape index (κ3) is 2.31. The molecule has 0 aromatic carbocycles. The summed E-state index contributed by atoms with van der Waals surface area (Å²) in [5, 5.41) is 5.54. The number of hydrogen-bond donors (Lipinski definition) is 2. The first-order valence-electron chi connectivity index (χ1n) is 6.88. The summed E-state index contributed by atoms with van der Waals surface area (Å²) in [7, 11) is 0. The number of nitrogens with one attached hydrogen (secondary N) is 2. The minimum Gasteiger partial charge on any atom is -0.344 e. The molecule has 0 bridgehead atoms. The summed E-state index contributed by atoms with van der Waals surface area (Å²) in [6.45, 7) is 3.73. The lowest BCUT2D eigenvalue weighted by molar-refractivity contribution is -0.130. The molecule has 1 fully saturated rings. The lowest BCUT2D eigenvalue weighted by Gasteiger charge is -2.25. The van der Waals surface area contributed by atoms with E-state index in [0.717, 1.165) is 29.8 Å². The number of carbonyl (C=O) groups excluding carboxylic acids is 2. The van der Waals surface area contributed by atoms with Gasteiger partial charge in [0.25, 0.3) is 0 Å². The summed E-state index contributed by atoms with van der Waals surface area (Å²) in [6, 6.07) is 3.35. The number of amides is 2. The van der Waals surface area contributed by atoms with E-state index in [9.17, 15) is 9.59 Å². The average Bonchev–Trinajstić information content (AvgIpc) is 2.86. The molecule has 0 saturated carbocycles. The molecule has 0 spiro atoms. The molecule has 2 heterocycles. The van der Waals surface area contributed by atoms with Crippen molar-refractivity contribution >= 4 is 11.8 Å². The van der Waals surface area contributed by atoms with Gasteiger partial charge in [-0.2, -0.15) is 0 Å². The molecule has 2 atom stereocenters. The van der Waals surface area contributed by atoms with Crippen LogP contribution in [0.3, 0.4) is 0 Å². The van der Waals surface area contributed by atoms with Crippen molar-refractivity contribution in [2.75, 3.05) is 0 Å². The number of pyridine rings is 1. The monoisotopic (exact) mass is 271 g/mol. The van der Waals surface area contributed by atoms with Crippen molar-refractivity contribution in [1.29, 1.82) is 0 Å². The molecule has 104 valence electrons. The maximum Gasteiger partial charge on any atom is 0.246 e. The van der Waals surface area contributed by atoms with E-state index in [1.807, 2.05) is 12.1 Å². The van der Waals surface area contributed by atoms with Crippen LogP contribution in [0.15, 0.2) is 30.6 Å². The van der Waals surface area contributed by atoms with Crippen LogP contribution in [0, 0.1) is 0 Å². The maximum absolute atomic E-state index is 12.4. The predicted octanol–water partition coefficient (Wildman–Crippen LogP) is 1.02. The summed E-state index contributed by atoms with van der Waals surface area (Å²) in [4.78, 5) is 28.5. The molecule has 2 aliphatic rings. The van der Waals surface area contributed by atoms with Crippen molar-refractivity contribution in [3.05, 3.63) is 41.9 Å². The second-order valence-electron chi connectivity index (χ2n) is 5.32. The zero-order valence-corrected chi connectivity index (χ0v) is 11.2. The van der Waals surface area contributed by atoms with Crippen molar-refractivity contribution < 1.29 is 9.59 Å². The molecule has 1 aliphatic heterocycles. The first kappa shape index (κ1) is 12.8. The van der Waals surface area contributed by atoms with E-state index < -0.39 is 6.04 Å². The molecule has 3 rings (SSSR count). The van der Waals surface area contributed by atoms with Gasteiger partial charge in [-0.05, 0) is 37.3 Å². The largest absolute Gasteiger partial charge is 0.344 e. The van der Waals surface area contributed by atoms with E-state index in [4.69, 9.17) is 0 Å². The molecule has 5 nitrogen and oxygen atoms in total. The Morgan fingerprint density at radius 1 is 1.40 bits per heavy atom. The van der Waals surface area contributed by atoms with Gasteiger partial charge < -0.3 is 10.6 Å². The Hall–Kier alpha value is -2.17. The van der Waals surface area contributed by atoms with Crippen LogP contribution in [0.1, 0.15) is 36.4 Å². The zero-order valence-electron chi connectivity index (χ0n) is 11.2. The van der Waals surface area contributed by atoms with Crippen LogP contribution >= 0.6 is 0 Å². The van der Waals surface area contributed by atoms with Gasteiger partial charge in [-0.25, -0.2) is 0 Å². The van der Waals surface area contributed by atoms with Crippen LogP contribution in [0.2, 0.25) is 0 Å². The van der Waals surface area contributed by atoms with Crippen molar-refractivity contribution in [1.82, 2.24) is 15.6 Å². The number of allylic oxidation sites excluding steroid dienone is 1. The SMILES string of the molecule is C=C1CC[C@@H](NC(=O)C2CCc3ncccc32)C(=O)N1. The molecule has 1 aliphatic carbocycles. The summed E-state index contributed by atoms with van der Waals surface area (Å²) < 4.78 is 0. The Bertz CT molecular complexity index is 582. The molecule has 1 unspecified atom stereocenters. The fourth-order valence-corrected chi connectivity index (χ4v) is 2.87. The molecule has 2 amide bonds. The Morgan fingerprint density at radius 3 is 3.05 bits per heavy atom. The second-order valence-corrected chi connectivity index (χ2v) is 5.32. The molecule has 2 N–H and O–H groups in total. The number of carbonyl (C=O) groups is 2. The average molecular weight is 271 g/mol. The lowest BCUT2D eigenvalue weighted by Crippen LogP contribution is -2.50. The van der Waals surface area contributed by atoms with Crippen LogP contribution in [0.4, 0.5) is 0 Å². The first-order chi connectivity index (χ1) is 9.65.